The molecule has 2 fully saturated rings. The fourth-order valence-corrected chi connectivity index (χ4v) is 4.52. The largest absolute Gasteiger partial charge is 0.508 e. The van der Waals surface area contributed by atoms with Gasteiger partial charge in [0.1, 0.15) is 11.5 Å². The smallest absolute Gasteiger partial charge is 0.120 e. The van der Waals surface area contributed by atoms with Gasteiger partial charge >= 0.3 is 0 Å². The molecule has 0 aliphatic carbocycles. The van der Waals surface area contributed by atoms with Crippen LogP contribution in [0.1, 0.15) is 49.7 Å². The number of piperidine rings is 2. The highest BCUT2D eigenvalue weighted by Gasteiger charge is 2.19. The number of rotatable bonds is 4. The zero-order valence-electron chi connectivity index (χ0n) is 15.6. The van der Waals surface area contributed by atoms with E-state index in [0.717, 1.165) is 61.2 Å². The van der Waals surface area contributed by atoms with E-state index in [1.807, 2.05) is 12.1 Å². The van der Waals surface area contributed by atoms with Gasteiger partial charge in [0.15, 0.2) is 0 Å². The molecule has 140 valence electrons. The molecule has 2 aliphatic rings. The number of hydrogen-bond acceptors (Lipinski definition) is 4. The summed E-state index contributed by atoms with van der Waals surface area (Å²) in [6.45, 7) is 6.00. The highest BCUT2D eigenvalue weighted by molar-refractivity contribution is 5.92. The summed E-state index contributed by atoms with van der Waals surface area (Å²) in [7, 11) is 0. The quantitative estimate of drug-likeness (QED) is 0.863. The number of nitrogens with zero attached hydrogens (tertiary/aromatic N) is 2. The van der Waals surface area contributed by atoms with E-state index in [1.54, 1.807) is 12.1 Å². The molecule has 2 saturated heterocycles. The fourth-order valence-electron chi connectivity index (χ4n) is 4.52. The Morgan fingerprint density at radius 1 is 0.577 bits per heavy atom. The van der Waals surface area contributed by atoms with Crippen molar-refractivity contribution in [2.24, 2.45) is 0 Å². The van der Waals surface area contributed by atoms with Crippen LogP contribution >= 0.6 is 0 Å². The van der Waals surface area contributed by atoms with E-state index in [4.69, 9.17) is 0 Å². The maximum atomic E-state index is 10.5. The second kappa shape index (κ2) is 7.85. The number of aromatic hydroxyl groups is 2. The van der Waals surface area contributed by atoms with Gasteiger partial charge in [-0.2, -0.15) is 0 Å². The van der Waals surface area contributed by atoms with E-state index < -0.39 is 0 Å². The lowest BCUT2D eigenvalue weighted by Gasteiger charge is -2.28. The molecule has 0 atom stereocenters. The van der Waals surface area contributed by atoms with Crippen LogP contribution in [0.3, 0.4) is 0 Å². The highest BCUT2D eigenvalue weighted by Crippen LogP contribution is 2.35. The van der Waals surface area contributed by atoms with Gasteiger partial charge in [0.2, 0.25) is 0 Å². The van der Waals surface area contributed by atoms with Crippen molar-refractivity contribution >= 4 is 10.8 Å². The van der Waals surface area contributed by atoms with Gasteiger partial charge in [-0.1, -0.05) is 25.0 Å². The lowest BCUT2D eigenvalue weighted by molar-refractivity contribution is 0.218. The Kier molecular flexibility index (Phi) is 5.32. The molecule has 2 aliphatic heterocycles. The SMILES string of the molecule is Oc1ccc2c(CN3CCCCC3)c(O)ccc2c1CN1CCCCC1. The van der Waals surface area contributed by atoms with Crippen LogP contribution in [0.4, 0.5) is 0 Å². The summed E-state index contributed by atoms with van der Waals surface area (Å²) < 4.78 is 0. The molecule has 2 N–H and O–H groups in total. The average Bonchev–Trinajstić information content (AvgIpc) is 2.68. The molecule has 0 bridgehead atoms. The molecule has 4 nitrogen and oxygen atoms in total. The van der Waals surface area contributed by atoms with Crippen molar-refractivity contribution in [2.45, 2.75) is 51.6 Å². The van der Waals surface area contributed by atoms with E-state index in [9.17, 15) is 10.2 Å². The van der Waals surface area contributed by atoms with Crippen molar-refractivity contribution in [3.63, 3.8) is 0 Å². The Labute approximate surface area is 156 Å². The summed E-state index contributed by atoms with van der Waals surface area (Å²) in [6.07, 6.45) is 7.59. The van der Waals surface area contributed by atoms with Crippen molar-refractivity contribution < 1.29 is 10.2 Å². The van der Waals surface area contributed by atoms with Crippen LogP contribution in [-0.2, 0) is 13.1 Å². The molecule has 2 aromatic carbocycles. The predicted octanol–water partition coefficient (Wildman–Crippen LogP) is 4.22. The molecule has 0 saturated carbocycles. The Balaban J connectivity index is 1.68. The fraction of sp³-hybridized carbons (Fsp3) is 0.545. The maximum Gasteiger partial charge on any atom is 0.120 e. The van der Waals surface area contributed by atoms with E-state index >= 15 is 0 Å². The zero-order chi connectivity index (χ0) is 17.9. The average molecular weight is 354 g/mol. The van der Waals surface area contributed by atoms with Gasteiger partial charge in [-0.25, -0.2) is 0 Å². The minimum atomic E-state index is 0.373. The van der Waals surface area contributed by atoms with Gasteiger partial charge in [0.05, 0.1) is 0 Å². The molecule has 4 heteroatoms. The molecule has 0 spiro atoms. The Morgan fingerprint density at radius 2 is 0.962 bits per heavy atom. The van der Waals surface area contributed by atoms with Crippen LogP contribution in [0, 0.1) is 0 Å². The van der Waals surface area contributed by atoms with Crippen LogP contribution in [-0.4, -0.2) is 46.2 Å². The van der Waals surface area contributed by atoms with Crippen LogP contribution in [0.5, 0.6) is 11.5 Å². The van der Waals surface area contributed by atoms with Gasteiger partial charge in [0.25, 0.3) is 0 Å². The van der Waals surface area contributed by atoms with Crippen LogP contribution in [0.25, 0.3) is 10.8 Å². The first-order valence-corrected chi connectivity index (χ1v) is 10.1. The standard InChI is InChI=1S/C22H30N2O2/c25-21-9-8-18-17(19(21)15-23-11-3-1-4-12-23)7-10-22(26)20(18)16-24-13-5-2-6-14-24/h7-10,25-26H,1-6,11-16H2. The topological polar surface area (TPSA) is 46.9 Å². The van der Waals surface area contributed by atoms with Crippen molar-refractivity contribution in [1.82, 2.24) is 9.80 Å². The second-order valence-electron chi connectivity index (χ2n) is 7.90. The number of fused-ring (bicyclic) bond motifs is 1. The highest BCUT2D eigenvalue weighted by atomic mass is 16.3. The first-order chi connectivity index (χ1) is 12.7. The first-order valence-electron chi connectivity index (χ1n) is 10.1. The van der Waals surface area contributed by atoms with Gasteiger partial charge in [-0.3, -0.25) is 9.80 Å². The Bertz CT molecular complexity index is 697. The zero-order valence-corrected chi connectivity index (χ0v) is 15.6. The van der Waals surface area contributed by atoms with Gasteiger partial charge in [-0.05, 0) is 74.8 Å². The summed E-state index contributed by atoms with van der Waals surface area (Å²) in [5, 5.41) is 23.2. The maximum absolute atomic E-state index is 10.5. The third-order valence-corrected chi connectivity index (χ3v) is 6.04. The Hall–Kier alpha value is -1.78. The molecule has 4 rings (SSSR count). The van der Waals surface area contributed by atoms with Gasteiger partial charge in [0, 0.05) is 24.2 Å². The number of phenols is 2. The lowest BCUT2D eigenvalue weighted by atomic mass is 9.96. The molecule has 0 unspecified atom stereocenters. The number of phenolic OH excluding ortho intramolecular Hbond substituents is 2. The molecular weight excluding hydrogens is 324 g/mol. The van der Waals surface area contributed by atoms with Gasteiger partial charge in [-0.15, -0.1) is 0 Å². The van der Waals surface area contributed by atoms with Crippen molar-refractivity contribution in [3.8, 4) is 11.5 Å². The second-order valence-corrected chi connectivity index (χ2v) is 7.90. The summed E-state index contributed by atoms with van der Waals surface area (Å²) in [6, 6.07) is 7.56. The van der Waals surface area contributed by atoms with E-state index in [0.29, 0.717) is 11.5 Å². The van der Waals surface area contributed by atoms with E-state index in [1.165, 1.54) is 38.5 Å². The first kappa shape index (κ1) is 17.6. The van der Waals surface area contributed by atoms with E-state index in [2.05, 4.69) is 9.80 Å². The van der Waals surface area contributed by atoms with Crippen molar-refractivity contribution in [2.75, 3.05) is 26.2 Å². The third-order valence-electron chi connectivity index (χ3n) is 6.04. The van der Waals surface area contributed by atoms with Crippen molar-refractivity contribution in [1.29, 1.82) is 0 Å². The summed E-state index contributed by atoms with van der Waals surface area (Å²) >= 11 is 0. The normalized spacial score (nSPS) is 19.8. The summed E-state index contributed by atoms with van der Waals surface area (Å²) in [4.78, 5) is 4.88. The molecule has 2 aromatic rings. The molecule has 0 amide bonds. The molecule has 0 radical (unpaired) electrons. The minimum Gasteiger partial charge on any atom is -0.508 e. The molecule has 2 heterocycles. The van der Waals surface area contributed by atoms with E-state index in [-0.39, 0.29) is 0 Å². The number of hydrogen-bond donors (Lipinski definition) is 2. The summed E-state index contributed by atoms with van der Waals surface area (Å²) in [5.41, 5.74) is 2.01. The van der Waals surface area contributed by atoms with Gasteiger partial charge < -0.3 is 10.2 Å². The Morgan fingerprint density at radius 3 is 1.35 bits per heavy atom. The summed E-state index contributed by atoms with van der Waals surface area (Å²) in [5.74, 6) is 0.746. The predicted molar refractivity (Wildman–Crippen MR) is 106 cm³/mol. The van der Waals surface area contributed by atoms with Crippen LogP contribution < -0.4 is 0 Å². The molecular formula is C22H30N2O2. The number of likely N-dealkylation sites (tertiary alicyclic amines) is 2. The van der Waals surface area contributed by atoms with Crippen molar-refractivity contribution in [3.05, 3.63) is 35.4 Å². The number of benzene rings is 2. The molecule has 26 heavy (non-hydrogen) atoms. The third kappa shape index (κ3) is 3.67. The van der Waals surface area contributed by atoms with Crippen LogP contribution in [0.2, 0.25) is 0 Å². The monoisotopic (exact) mass is 354 g/mol. The lowest BCUT2D eigenvalue weighted by Crippen LogP contribution is -2.29. The minimum absolute atomic E-state index is 0.373. The molecule has 0 aromatic heterocycles. The van der Waals surface area contributed by atoms with Crippen LogP contribution in [0.15, 0.2) is 24.3 Å².